The van der Waals surface area contributed by atoms with Gasteiger partial charge >= 0.3 is 0 Å². The number of rotatable bonds is 7. The van der Waals surface area contributed by atoms with E-state index in [1.165, 1.54) is 0 Å². The molecule has 1 aromatic carbocycles. The Labute approximate surface area is 162 Å². The molecule has 1 aliphatic carbocycles. The van der Waals surface area contributed by atoms with E-state index in [2.05, 4.69) is 5.32 Å². The first-order valence-electron chi connectivity index (χ1n) is 10.1. The molecule has 1 aliphatic heterocycles. The third-order valence-electron chi connectivity index (χ3n) is 5.83. The van der Waals surface area contributed by atoms with Gasteiger partial charge in [-0.25, -0.2) is 8.42 Å². The van der Waals surface area contributed by atoms with Gasteiger partial charge in [0.15, 0.2) is 0 Å². The zero-order valence-corrected chi connectivity index (χ0v) is 16.7. The second-order valence-corrected chi connectivity index (χ2v) is 9.65. The van der Waals surface area contributed by atoms with E-state index in [0.29, 0.717) is 43.3 Å². The number of hydrogen-bond donors (Lipinski definition) is 2. The Morgan fingerprint density at radius 2 is 1.78 bits per heavy atom. The zero-order valence-electron chi connectivity index (χ0n) is 15.9. The molecule has 1 heterocycles. The van der Waals surface area contributed by atoms with Gasteiger partial charge < -0.3 is 11.1 Å². The lowest BCUT2D eigenvalue weighted by molar-refractivity contribution is -0.122. The van der Waals surface area contributed by atoms with E-state index >= 15 is 0 Å². The normalized spacial score (nSPS) is 24.0. The van der Waals surface area contributed by atoms with Crippen LogP contribution >= 0.6 is 0 Å². The van der Waals surface area contributed by atoms with Crippen molar-refractivity contribution >= 4 is 15.9 Å². The van der Waals surface area contributed by atoms with Crippen molar-refractivity contribution < 1.29 is 13.2 Å². The van der Waals surface area contributed by atoms with Crippen molar-refractivity contribution in [2.45, 2.75) is 62.3 Å². The predicted octanol–water partition coefficient (Wildman–Crippen LogP) is 2.04. The Morgan fingerprint density at radius 3 is 2.44 bits per heavy atom. The van der Waals surface area contributed by atoms with Gasteiger partial charge in [0.25, 0.3) is 0 Å². The molecule has 0 aromatic heterocycles. The second kappa shape index (κ2) is 9.17. The lowest BCUT2D eigenvalue weighted by atomic mass is 10.0. The van der Waals surface area contributed by atoms with Gasteiger partial charge in [-0.2, -0.15) is 4.31 Å². The average molecular weight is 394 g/mol. The van der Waals surface area contributed by atoms with Crippen LogP contribution in [0.1, 0.15) is 50.5 Å². The highest BCUT2D eigenvalue weighted by molar-refractivity contribution is 7.89. The van der Waals surface area contributed by atoms with Gasteiger partial charge in [-0.05, 0) is 62.3 Å². The number of aryl methyl sites for hydroxylation is 1. The van der Waals surface area contributed by atoms with Crippen LogP contribution in [0.4, 0.5) is 0 Å². The molecule has 150 valence electrons. The Kier molecular flexibility index (Phi) is 6.89. The van der Waals surface area contributed by atoms with Gasteiger partial charge in [0.05, 0.1) is 4.90 Å². The molecule has 1 amide bonds. The molecule has 0 spiro atoms. The maximum atomic E-state index is 12.7. The van der Waals surface area contributed by atoms with Crippen molar-refractivity contribution in [2.75, 3.05) is 19.6 Å². The van der Waals surface area contributed by atoms with Gasteiger partial charge in [-0.1, -0.05) is 25.0 Å². The average Bonchev–Trinajstić information content (AvgIpc) is 3.14. The SMILES string of the molecule is NCC1CCCC1NC(=O)CCc1ccc(S(=O)(=O)N2CCCCC2)cc1. The molecule has 7 heteroatoms. The number of carbonyl (C=O) groups is 1. The molecule has 2 aliphatic rings. The van der Waals surface area contributed by atoms with Crippen molar-refractivity contribution in [1.29, 1.82) is 0 Å². The molecule has 6 nitrogen and oxygen atoms in total. The van der Waals surface area contributed by atoms with Gasteiger partial charge in [-0.15, -0.1) is 0 Å². The lowest BCUT2D eigenvalue weighted by Crippen LogP contribution is -2.39. The highest BCUT2D eigenvalue weighted by Crippen LogP contribution is 2.25. The van der Waals surface area contributed by atoms with E-state index in [9.17, 15) is 13.2 Å². The van der Waals surface area contributed by atoms with Crippen LogP contribution in [0.25, 0.3) is 0 Å². The fraction of sp³-hybridized carbons (Fsp3) is 0.650. The number of nitrogens with zero attached hydrogens (tertiary/aromatic N) is 1. The van der Waals surface area contributed by atoms with Crippen LogP contribution < -0.4 is 11.1 Å². The van der Waals surface area contributed by atoms with Crippen molar-refractivity contribution in [3.05, 3.63) is 29.8 Å². The summed E-state index contributed by atoms with van der Waals surface area (Å²) >= 11 is 0. The van der Waals surface area contributed by atoms with Crippen molar-refractivity contribution in [2.24, 2.45) is 11.7 Å². The standard InChI is InChI=1S/C20H31N3O3S/c21-15-17-5-4-6-19(17)22-20(24)12-9-16-7-10-18(11-8-16)27(25,26)23-13-2-1-3-14-23/h7-8,10-11,17,19H,1-6,9,12-15,21H2,(H,22,24). The Bertz CT molecular complexity index is 727. The summed E-state index contributed by atoms with van der Waals surface area (Å²) < 4.78 is 26.9. The Balaban J connectivity index is 1.52. The number of sulfonamides is 1. The molecule has 2 fully saturated rings. The van der Waals surface area contributed by atoms with E-state index in [1.807, 2.05) is 12.1 Å². The minimum Gasteiger partial charge on any atom is -0.353 e. The molecule has 0 radical (unpaired) electrons. The van der Waals surface area contributed by atoms with Crippen molar-refractivity contribution in [3.8, 4) is 0 Å². The van der Waals surface area contributed by atoms with Crippen LogP contribution in [0, 0.1) is 5.92 Å². The van der Waals surface area contributed by atoms with Gasteiger partial charge in [0, 0.05) is 25.6 Å². The minimum absolute atomic E-state index is 0.0466. The molecular formula is C20H31N3O3S. The minimum atomic E-state index is -3.39. The number of nitrogens with one attached hydrogen (secondary N) is 1. The molecule has 1 saturated heterocycles. The first-order chi connectivity index (χ1) is 13.0. The fourth-order valence-corrected chi connectivity index (χ4v) is 5.65. The van der Waals surface area contributed by atoms with E-state index < -0.39 is 10.0 Å². The van der Waals surface area contributed by atoms with Crippen molar-refractivity contribution in [1.82, 2.24) is 9.62 Å². The summed E-state index contributed by atoms with van der Waals surface area (Å²) in [5.41, 5.74) is 6.74. The molecule has 1 saturated carbocycles. The van der Waals surface area contributed by atoms with E-state index in [-0.39, 0.29) is 11.9 Å². The number of amides is 1. The first kappa shape index (κ1) is 20.3. The Hall–Kier alpha value is -1.44. The fourth-order valence-electron chi connectivity index (χ4n) is 4.13. The van der Waals surface area contributed by atoms with E-state index in [0.717, 1.165) is 44.1 Å². The number of benzene rings is 1. The summed E-state index contributed by atoms with van der Waals surface area (Å²) in [7, 11) is -3.39. The summed E-state index contributed by atoms with van der Waals surface area (Å²) in [6.45, 7) is 1.84. The van der Waals surface area contributed by atoms with Crippen LogP contribution in [-0.4, -0.2) is 44.3 Å². The highest BCUT2D eigenvalue weighted by atomic mass is 32.2. The number of piperidine rings is 1. The van der Waals surface area contributed by atoms with Gasteiger partial charge in [0.2, 0.25) is 15.9 Å². The summed E-state index contributed by atoms with van der Waals surface area (Å²) in [5, 5.41) is 3.11. The largest absolute Gasteiger partial charge is 0.353 e. The molecule has 27 heavy (non-hydrogen) atoms. The topological polar surface area (TPSA) is 92.5 Å². The number of nitrogens with two attached hydrogens (primary N) is 1. The molecule has 2 atom stereocenters. The summed E-state index contributed by atoms with van der Waals surface area (Å²) in [6, 6.07) is 7.18. The van der Waals surface area contributed by atoms with Gasteiger partial charge in [0.1, 0.15) is 0 Å². The molecule has 2 unspecified atom stereocenters. The summed E-state index contributed by atoms with van der Waals surface area (Å²) in [5.74, 6) is 0.443. The first-order valence-corrected chi connectivity index (χ1v) is 11.5. The molecule has 0 bridgehead atoms. The maximum absolute atomic E-state index is 12.7. The van der Waals surface area contributed by atoms with Crippen LogP contribution in [0.3, 0.4) is 0 Å². The Morgan fingerprint density at radius 1 is 1.07 bits per heavy atom. The lowest BCUT2D eigenvalue weighted by Gasteiger charge is -2.25. The second-order valence-electron chi connectivity index (χ2n) is 7.71. The number of carbonyl (C=O) groups excluding carboxylic acids is 1. The third-order valence-corrected chi connectivity index (χ3v) is 7.74. The summed E-state index contributed by atoms with van der Waals surface area (Å²) in [4.78, 5) is 12.6. The van der Waals surface area contributed by atoms with Crippen LogP contribution in [-0.2, 0) is 21.2 Å². The maximum Gasteiger partial charge on any atom is 0.243 e. The smallest absolute Gasteiger partial charge is 0.243 e. The number of hydrogen-bond acceptors (Lipinski definition) is 4. The quantitative estimate of drug-likeness (QED) is 0.741. The highest BCUT2D eigenvalue weighted by Gasteiger charge is 2.27. The van der Waals surface area contributed by atoms with E-state index in [1.54, 1.807) is 16.4 Å². The summed E-state index contributed by atoms with van der Waals surface area (Å²) in [6.07, 6.45) is 7.20. The van der Waals surface area contributed by atoms with Crippen LogP contribution in [0.15, 0.2) is 29.2 Å². The van der Waals surface area contributed by atoms with E-state index in [4.69, 9.17) is 5.73 Å². The van der Waals surface area contributed by atoms with Crippen LogP contribution in [0.5, 0.6) is 0 Å². The van der Waals surface area contributed by atoms with Crippen molar-refractivity contribution in [3.63, 3.8) is 0 Å². The third kappa shape index (κ3) is 5.09. The monoisotopic (exact) mass is 393 g/mol. The zero-order chi connectivity index (χ0) is 19.3. The molecular weight excluding hydrogens is 362 g/mol. The molecule has 1 aromatic rings. The predicted molar refractivity (Wildman–Crippen MR) is 106 cm³/mol. The molecule has 3 N–H and O–H groups in total. The van der Waals surface area contributed by atoms with Gasteiger partial charge in [-0.3, -0.25) is 4.79 Å². The molecule has 3 rings (SSSR count). The van der Waals surface area contributed by atoms with Crippen LogP contribution in [0.2, 0.25) is 0 Å².